The van der Waals surface area contributed by atoms with E-state index in [4.69, 9.17) is 0 Å². The Labute approximate surface area is 96.2 Å². The maximum absolute atomic E-state index is 10.4. The third-order valence-electron chi connectivity index (χ3n) is 2.22. The van der Waals surface area contributed by atoms with E-state index in [0.717, 1.165) is 10.0 Å². The highest BCUT2D eigenvalue weighted by atomic mass is 79.9. The van der Waals surface area contributed by atoms with Crippen LogP contribution in [-0.4, -0.2) is 22.2 Å². The SMILES string of the molecule is C[C@H]([C@@H](O)Cc1cccc(Br)c1)[N+](=O)[O-]. The molecule has 0 radical (unpaired) electrons. The summed E-state index contributed by atoms with van der Waals surface area (Å²) in [5.74, 6) is 0. The predicted octanol–water partition coefficient (Wildman–Crippen LogP) is 2.02. The number of hydrogen-bond acceptors (Lipinski definition) is 3. The van der Waals surface area contributed by atoms with Crippen LogP contribution in [0, 0.1) is 10.1 Å². The normalized spacial score (nSPS) is 14.6. The molecule has 1 rings (SSSR count). The van der Waals surface area contributed by atoms with Crippen LogP contribution in [0.3, 0.4) is 0 Å². The lowest BCUT2D eigenvalue weighted by Gasteiger charge is -2.12. The van der Waals surface area contributed by atoms with Crippen molar-refractivity contribution >= 4 is 15.9 Å². The van der Waals surface area contributed by atoms with E-state index in [1.807, 2.05) is 24.3 Å². The van der Waals surface area contributed by atoms with Gasteiger partial charge in [-0.2, -0.15) is 0 Å². The molecule has 0 aliphatic carbocycles. The van der Waals surface area contributed by atoms with Crippen molar-refractivity contribution in [2.75, 3.05) is 0 Å². The third kappa shape index (κ3) is 3.60. The smallest absolute Gasteiger partial charge is 0.236 e. The molecular weight excluding hydrogens is 262 g/mol. The molecule has 82 valence electrons. The summed E-state index contributed by atoms with van der Waals surface area (Å²) < 4.78 is 0.904. The average Bonchev–Trinajstić information content (AvgIpc) is 2.16. The van der Waals surface area contributed by atoms with Gasteiger partial charge in [-0.3, -0.25) is 10.1 Å². The van der Waals surface area contributed by atoms with Crippen molar-refractivity contribution in [3.63, 3.8) is 0 Å². The van der Waals surface area contributed by atoms with Gasteiger partial charge in [-0.25, -0.2) is 0 Å². The molecule has 0 heterocycles. The van der Waals surface area contributed by atoms with Crippen molar-refractivity contribution in [2.45, 2.75) is 25.5 Å². The summed E-state index contributed by atoms with van der Waals surface area (Å²) in [6, 6.07) is 6.44. The van der Waals surface area contributed by atoms with Gasteiger partial charge in [0.1, 0.15) is 6.10 Å². The van der Waals surface area contributed by atoms with Gasteiger partial charge in [0.2, 0.25) is 6.04 Å². The van der Waals surface area contributed by atoms with Gasteiger partial charge in [-0.05, 0) is 17.7 Å². The largest absolute Gasteiger partial charge is 0.386 e. The predicted molar refractivity (Wildman–Crippen MR) is 60.3 cm³/mol. The van der Waals surface area contributed by atoms with Gasteiger partial charge in [0.05, 0.1) is 0 Å². The first-order chi connectivity index (χ1) is 7.00. The van der Waals surface area contributed by atoms with Gasteiger partial charge >= 0.3 is 0 Å². The summed E-state index contributed by atoms with van der Waals surface area (Å²) in [6.07, 6.45) is -0.656. The van der Waals surface area contributed by atoms with Gasteiger partial charge in [-0.15, -0.1) is 0 Å². The van der Waals surface area contributed by atoms with E-state index in [0.29, 0.717) is 6.42 Å². The summed E-state index contributed by atoms with van der Waals surface area (Å²) >= 11 is 3.30. The molecule has 0 unspecified atom stereocenters. The third-order valence-corrected chi connectivity index (χ3v) is 2.72. The van der Waals surface area contributed by atoms with Crippen LogP contribution in [0.4, 0.5) is 0 Å². The summed E-state index contributed by atoms with van der Waals surface area (Å²) in [5.41, 5.74) is 0.880. The Morgan fingerprint density at radius 3 is 2.80 bits per heavy atom. The molecule has 15 heavy (non-hydrogen) atoms. The van der Waals surface area contributed by atoms with Gasteiger partial charge in [0.25, 0.3) is 0 Å². The highest BCUT2D eigenvalue weighted by molar-refractivity contribution is 9.10. The molecule has 0 aliphatic heterocycles. The van der Waals surface area contributed by atoms with Gasteiger partial charge in [-0.1, -0.05) is 28.1 Å². The number of hydrogen-bond donors (Lipinski definition) is 1. The summed E-state index contributed by atoms with van der Waals surface area (Å²) in [6.45, 7) is 1.41. The number of aliphatic hydroxyl groups excluding tert-OH is 1. The first kappa shape index (κ1) is 12.1. The zero-order chi connectivity index (χ0) is 11.4. The number of halogens is 1. The monoisotopic (exact) mass is 273 g/mol. The van der Waals surface area contributed by atoms with Crippen molar-refractivity contribution in [3.8, 4) is 0 Å². The van der Waals surface area contributed by atoms with E-state index < -0.39 is 17.1 Å². The Balaban J connectivity index is 2.66. The Hall–Kier alpha value is -0.940. The van der Waals surface area contributed by atoms with Crippen molar-refractivity contribution in [1.82, 2.24) is 0 Å². The number of benzene rings is 1. The lowest BCUT2D eigenvalue weighted by Crippen LogP contribution is -2.32. The molecular formula is C10H12BrNO3. The Bertz CT molecular complexity index is 356. The number of rotatable bonds is 4. The van der Waals surface area contributed by atoms with Gasteiger partial charge in [0, 0.05) is 22.7 Å². The number of aliphatic hydroxyl groups is 1. The van der Waals surface area contributed by atoms with Crippen molar-refractivity contribution < 1.29 is 10.0 Å². The first-order valence-electron chi connectivity index (χ1n) is 4.56. The second kappa shape index (κ2) is 5.23. The molecule has 1 aromatic carbocycles. The quantitative estimate of drug-likeness (QED) is 0.674. The highest BCUT2D eigenvalue weighted by Gasteiger charge is 2.24. The van der Waals surface area contributed by atoms with Crippen LogP contribution in [0.25, 0.3) is 0 Å². The first-order valence-corrected chi connectivity index (χ1v) is 5.36. The summed E-state index contributed by atoms with van der Waals surface area (Å²) in [5, 5.41) is 20.0. The lowest BCUT2D eigenvalue weighted by atomic mass is 10.0. The maximum atomic E-state index is 10.4. The van der Waals surface area contributed by atoms with Crippen LogP contribution in [-0.2, 0) is 6.42 Å². The standard InChI is InChI=1S/C10H12BrNO3/c1-7(12(14)15)10(13)6-8-3-2-4-9(11)5-8/h2-5,7,10,13H,6H2,1H3/t7-,10+/m1/s1. The molecule has 0 spiro atoms. The molecule has 1 aromatic rings. The minimum absolute atomic E-state index is 0.293. The second-order valence-corrected chi connectivity index (χ2v) is 4.34. The molecule has 0 aromatic heterocycles. The fourth-order valence-corrected chi connectivity index (χ4v) is 1.66. The Morgan fingerprint density at radius 2 is 2.27 bits per heavy atom. The number of nitro groups is 1. The van der Waals surface area contributed by atoms with Crippen molar-refractivity contribution in [3.05, 3.63) is 44.4 Å². The van der Waals surface area contributed by atoms with Gasteiger partial charge < -0.3 is 5.11 Å². The van der Waals surface area contributed by atoms with E-state index in [-0.39, 0.29) is 0 Å². The van der Waals surface area contributed by atoms with Crippen LogP contribution in [0.1, 0.15) is 12.5 Å². The van der Waals surface area contributed by atoms with Crippen LogP contribution in [0.5, 0.6) is 0 Å². The maximum Gasteiger partial charge on any atom is 0.236 e. The van der Waals surface area contributed by atoms with E-state index in [9.17, 15) is 15.2 Å². The van der Waals surface area contributed by atoms with Gasteiger partial charge in [0.15, 0.2) is 0 Å². The Kier molecular flexibility index (Phi) is 4.23. The molecule has 2 atom stereocenters. The van der Waals surface area contributed by atoms with E-state index in [2.05, 4.69) is 15.9 Å². The summed E-state index contributed by atoms with van der Waals surface area (Å²) in [4.78, 5) is 9.96. The minimum Gasteiger partial charge on any atom is -0.386 e. The lowest BCUT2D eigenvalue weighted by molar-refractivity contribution is -0.529. The Morgan fingerprint density at radius 1 is 1.60 bits per heavy atom. The molecule has 0 fully saturated rings. The summed E-state index contributed by atoms with van der Waals surface area (Å²) in [7, 11) is 0. The van der Waals surface area contributed by atoms with Crippen LogP contribution >= 0.6 is 15.9 Å². The zero-order valence-corrected chi connectivity index (χ0v) is 9.85. The molecule has 5 heteroatoms. The molecule has 0 aliphatic rings. The fraction of sp³-hybridized carbons (Fsp3) is 0.400. The minimum atomic E-state index is -0.950. The van der Waals surface area contributed by atoms with Crippen LogP contribution in [0.15, 0.2) is 28.7 Å². The topological polar surface area (TPSA) is 63.4 Å². The molecule has 0 saturated carbocycles. The fourth-order valence-electron chi connectivity index (χ4n) is 1.22. The van der Waals surface area contributed by atoms with E-state index in [1.165, 1.54) is 6.92 Å². The van der Waals surface area contributed by atoms with Crippen LogP contribution in [0.2, 0.25) is 0 Å². The van der Waals surface area contributed by atoms with Crippen molar-refractivity contribution in [2.24, 2.45) is 0 Å². The highest BCUT2D eigenvalue weighted by Crippen LogP contribution is 2.14. The molecule has 0 bridgehead atoms. The molecule has 0 saturated heterocycles. The zero-order valence-electron chi connectivity index (χ0n) is 8.26. The van der Waals surface area contributed by atoms with E-state index in [1.54, 1.807) is 0 Å². The average molecular weight is 274 g/mol. The molecule has 1 N–H and O–H groups in total. The molecule has 4 nitrogen and oxygen atoms in total. The van der Waals surface area contributed by atoms with Crippen molar-refractivity contribution in [1.29, 1.82) is 0 Å². The molecule has 0 amide bonds. The van der Waals surface area contributed by atoms with E-state index >= 15 is 0 Å². The number of nitrogens with zero attached hydrogens (tertiary/aromatic N) is 1. The second-order valence-electron chi connectivity index (χ2n) is 3.43. The van der Waals surface area contributed by atoms with Crippen LogP contribution < -0.4 is 0 Å².